The van der Waals surface area contributed by atoms with Crippen molar-refractivity contribution in [3.05, 3.63) is 262 Å². The van der Waals surface area contributed by atoms with Gasteiger partial charge in [0.1, 0.15) is 0 Å². The molecule has 340 valence electrons. The summed E-state index contributed by atoms with van der Waals surface area (Å²) in [6, 6.07) is 80.3. The number of anilines is 5. The molecule has 2 aliphatic heterocycles. The van der Waals surface area contributed by atoms with E-state index in [9.17, 15) is 0 Å². The zero-order valence-electron chi connectivity index (χ0n) is 40.0. The van der Waals surface area contributed by atoms with E-state index < -0.39 is 0 Å². The third-order valence-corrected chi connectivity index (χ3v) is 16.2. The van der Waals surface area contributed by atoms with Gasteiger partial charge in [0.15, 0.2) is 0 Å². The molecule has 0 saturated heterocycles. The summed E-state index contributed by atoms with van der Waals surface area (Å²) in [5.41, 5.74) is 22.1. The van der Waals surface area contributed by atoms with Crippen LogP contribution in [0, 0.1) is 0 Å². The summed E-state index contributed by atoms with van der Waals surface area (Å²) in [5, 5.41) is 10.3. The number of allylic oxidation sites excluding steroid dienone is 1. The maximum absolute atomic E-state index is 2.63. The molecular formula is C70H50N2. The van der Waals surface area contributed by atoms with Crippen molar-refractivity contribution in [2.75, 3.05) is 9.80 Å². The molecule has 2 heterocycles. The predicted molar refractivity (Wildman–Crippen MR) is 305 cm³/mol. The Morgan fingerprint density at radius 1 is 0.403 bits per heavy atom. The van der Waals surface area contributed by atoms with E-state index in [4.69, 9.17) is 0 Å². The SMILES string of the molecule is C1=Cc2ccc(-c3c4c(c(-c5ccc(-c6cc7ccccc7c7ccccc67)cc5)c5ccc(N6c7ccccc7Cc7ccccc76)cc35)=CC(N3c5ccccc5Cc5ccccc53)CC=4)cc2CC1. The summed E-state index contributed by atoms with van der Waals surface area (Å²) in [7, 11) is 0. The van der Waals surface area contributed by atoms with Crippen molar-refractivity contribution in [1.82, 2.24) is 0 Å². The van der Waals surface area contributed by atoms with Crippen molar-refractivity contribution < 1.29 is 0 Å². The Morgan fingerprint density at radius 2 is 0.986 bits per heavy atom. The standard InChI is InChI=1S/C70H50N2/c1-2-16-48-39-54(34-29-45(48)15-1)70-61-38-36-55(71-65-25-11-4-18-50(65)40-51-19-5-12-26-66(51)71)43-63(61)69(47-32-30-46(31-33-47)62-42-49-17-3-8-22-57(49)58-23-9-10-24-59(58)62)60-37-35-56(44-64(60)70)72-67-27-13-6-20-52(67)41-53-21-7-14-28-68(53)72/h1,3-15,17-35,37-39,42-44,55H,2,16,36,40-41H2. The second kappa shape index (κ2) is 16.4. The predicted octanol–water partition coefficient (Wildman–Crippen LogP) is 16.6. The fourth-order valence-electron chi connectivity index (χ4n) is 12.9. The highest BCUT2D eigenvalue weighted by Gasteiger charge is 2.30. The van der Waals surface area contributed by atoms with E-state index in [1.54, 1.807) is 0 Å². The molecule has 0 bridgehead atoms. The molecule has 15 rings (SSSR count). The first kappa shape index (κ1) is 41.1. The molecule has 2 aliphatic carbocycles. The van der Waals surface area contributed by atoms with Gasteiger partial charge >= 0.3 is 0 Å². The normalized spacial score (nSPS) is 15.2. The number of rotatable bonds is 5. The van der Waals surface area contributed by atoms with Crippen LogP contribution in [-0.2, 0) is 19.3 Å². The first-order valence-electron chi connectivity index (χ1n) is 25.7. The van der Waals surface area contributed by atoms with Crippen LogP contribution >= 0.6 is 0 Å². The Hall–Kier alpha value is -8.72. The zero-order chi connectivity index (χ0) is 47.3. The van der Waals surface area contributed by atoms with E-state index in [2.05, 4.69) is 246 Å². The molecule has 2 heteroatoms. The topological polar surface area (TPSA) is 6.48 Å². The fourth-order valence-corrected chi connectivity index (χ4v) is 12.9. The van der Waals surface area contributed by atoms with Gasteiger partial charge in [0, 0.05) is 41.3 Å². The molecular weight excluding hydrogens is 869 g/mol. The molecule has 4 aliphatic rings. The van der Waals surface area contributed by atoms with Crippen LogP contribution in [0.4, 0.5) is 28.4 Å². The number of para-hydroxylation sites is 4. The quantitative estimate of drug-likeness (QED) is 0.159. The summed E-state index contributed by atoms with van der Waals surface area (Å²) in [5.74, 6) is 0. The Balaban J connectivity index is 1.01. The van der Waals surface area contributed by atoms with Crippen molar-refractivity contribution in [3.63, 3.8) is 0 Å². The van der Waals surface area contributed by atoms with Crippen LogP contribution < -0.4 is 20.2 Å². The smallest absolute Gasteiger partial charge is 0.0566 e. The van der Waals surface area contributed by atoms with Crippen molar-refractivity contribution >= 4 is 79.0 Å². The molecule has 1 atom stereocenters. The average Bonchev–Trinajstić information content (AvgIpc) is 3.44. The number of hydrogen-bond acceptors (Lipinski definition) is 2. The zero-order valence-corrected chi connectivity index (χ0v) is 40.0. The molecule has 0 amide bonds. The van der Waals surface area contributed by atoms with E-state index in [1.165, 1.54) is 138 Å². The minimum Gasteiger partial charge on any atom is -0.334 e. The average molecular weight is 919 g/mol. The lowest BCUT2D eigenvalue weighted by atomic mass is 9.83. The van der Waals surface area contributed by atoms with Gasteiger partial charge in [0.25, 0.3) is 0 Å². The van der Waals surface area contributed by atoms with Crippen molar-refractivity contribution in [1.29, 1.82) is 0 Å². The molecule has 0 N–H and O–H groups in total. The van der Waals surface area contributed by atoms with Gasteiger partial charge in [-0.25, -0.2) is 0 Å². The van der Waals surface area contributed by atoms with Gasteiger partial charge in [-0.3, -0.25) is 0 Å². The van der Waals surface area contributed by atoms with E-state index in [0.717, 1.165) is 32.1 Å². The first-order valence-corrected chi connectivity index (χ1v) is 25.7. The minimum absolute atomic E-state index is 0.0988. The molecule has 0 spiro atoms. The summed E-state index contributed by atoms with van der Waals surface area (Å²) < 4.78 is 0. The summed E-state index contributed by atoms with van der Waals surface area (Å²) in [6.45, 7) is 0. The number of aryl methyl sites for hydroxylation is 1. The highest BCUT2D eigenvalue weighted by molar-refractivity contribution is 6.14. The van der Waals surface area contributed by atoms with Gasteiger partial charge in [-0.1, -0.05) is 194 Å². The molecule has 72 heavy (non-hydrogen) atoms. The Kier molecular flexibility index (Phi) is 9.38. The van der Waals surface area contributed by atoms with Crippen LogP contribution in [0.3, 0.4) is 0 Å². The maximum Gasteiger partial charge on any atom is 0.0566 e. The van der Waals surface area contributed by atoms with Gasteiger partial charge < -0.3 is 9.80 Å². The summed E-state index contributed by atoms with van der Waals surface area (Å²) >= 11 is 0. The van der Waals surface area contributed by atoms with Crippen molar-refractivity contribution in [2.24, 2.45) is 0 Å². The maximum atomic E-state index is 2.63. The van der Waals surface area contributed by atoms with E-state index in [-0.39, 0.29) is 6.04 Å². The fraction of sp³-hybridized carbons (Fsp3) is 0.0857. The lowest BCUT2D eigenvalue weighted by molar-refractivity contribution is 0.816. The van der Waals surface area contributed by atoms with Gasteiger partial charge in [-0.2, -0.15) is 0 Å². The number of benzene rings is 11. The number of nitrogens with zero attached hydrogens (tertiary/aromatic N) is 2. The first-order chi connectivity index (χ1) is 35.7. The summed E-state index contributed by atoms with van der Waals surface area (Å²) in [6.07, 6.45) is 14.7. The lowest BCUT2D eigenvalue weighted by Gasteiger charge is -2.39. The van der Waals surface area contributed by atoms with Crippen LogP contribution in [0.1, 0.15) is 46.2 Å². The number of hydrogen-bond donors (Lipinski definition) is 0. The molecule has 1 unspecified atom stereocenters. The molecule has 11 aromatic rings. The van der Waals surface area contributed by atoms with Crippen molar-refractivity contribution in [3.8, 4) is 33.4 Å². The van der Waals surface area contributed by atoms with Crippen LogP contribution in [-0.4, -0.2) is 6.04 Å². The Morgan fingerprint density at radius 3 is 1.71 bits per heavy atom. The molecule has 0 aromatic heterocycles. The lowest BCUT2D eigenvalue weighted by Crippen LogP contribution is -2.41. The number of fused-ring (bicyclic) bond motifs is 10. The largest absolute Gasteiger partial charge is 0.334 e. The third kappa shape index (κ3) is 6.49. The van der Waals surface area contributed by atoms with Gasteiger partial charge in [0.05, 0.1) is 6.04 Å². The van der Waals surface area contributed by atoms with Crippen LogP contribution in [0.25, 0.3) is 83.9 Å². The van der Waals surface area contributed by atoms with E-state index in [0.29, 0.717) is 0 Å². The van der Waals surface area contributed by atoms with Crippen LogP contribution in [0.15, 0.2) is 218 Å². The molecule has 0 saturated carbocycles. The highest BCUT2D eigenvalue weighted by Crippen LogP contribution is 2.47. The third-order valence-electron chi connectivity index (χ3n) is 16.2. The molecule has 2 nitrogen and oxygen atoms in total. The van der Waals surface area contributed by atoms with Gasteiger partial charge in [-0.15, -0.1) is 0 Å². The summed E-state index contributed by atoms with van der Waals surface area (Å²) in [4.78, 5) is 5.14. The second-order valence-corrected chi connectivity index (χ2v) is 20.2. The van der Waals surface area contributed by atoms with E-state index in [1.807, 2.05) is 0 Å². The highest BCUT2D eigenvalue weighted by atomic mass is 15.2. The monoisotopic (exact) mass is 918 g/mol. The Labute approximate surface area is 420 Å². The molecule has 11 aromatic carbocycles. The minimum atomic E-state index is 0.0988. The second-order valence-electron chi connectivity index (χ2n) is 20.2. The van der Waals surface area contributed by atoms with Gasteiger partial charge in [-0.05, 0) is 171 Å². The van der Waals surface area contributed by atoms with Crippen molar-refractivity contribution in [2.45, 2.75) is 38.1 Å². The van der Waals surface area contributed by atoms with Gasteiger partial charge in [0.2, 0.25) is 0 Å². The van der Waals surface area contributed by atoms with E-state index >= 15 is 0 Å². The van der Waals surface area contributed by atoms with Crippen LogP contribution in [0.5, 0.6) is 0 Å². The van der Waals surface area contributed by atoms with Crippen LogP contribution in [0.2, 0.25) is 0 Å². The molecule has 0 fully saturated rings. The Bertz CT molecular complexity index is 4120. The molecule has 0 radical (unpaired) electrons.